The summed E-state index contributed by atoms with van der Waals surface area (Å²) in [5, 5.41) is 7.17. The minimum atomic E-state index is -0.219. The maximum absolute atomic E-state index is 12.1. The molecule has 2 heterocycles. The summed E-state index contributed by atoms with van der Waals surface area (Å²) in [4.78, 5) is 12.1. The summed E-state index contributed by atoms with van der Waals surface area (Å²) < 4.78 is 13.2. The van der Waals surface area contributed by atoms with Crippen molar-refractivity contribution in [1.29, 1.82) is 0 Å². The molecule has 6 nitrogen and oxygen atoms in total. The fourth-order valence-electron chi connectivity index (χ4n) is 2.56. The number of hydrogen-bond donors (Lipinski definition) is 1. The minimum Gasteiger partial charge on any atom is -0.485 e. The van der Waals surface area contributed by atoms with Gasteiger partial charge in [0.2, 0.25) is 0 Å². The SMILES string of the molecule is Cc1ccn(CCCNC(=O)c2ccc(COc3ccccc3C)o2)n1. The molecule has 136 valence electrons. The van der Waals surface area contributed by atoms with Crippen molar-refractivity contribution in [2.75, 3.05) is 6.54 Å². The molecule has 0 radical (unpaired) electrons. The van der Waals surface area contributed by atoms with Gasteiger partial charge in [0.1, 0.15) is 18.1 Å². The Balaban J connectivity index is 1.43. The number of rotatable bonds is 8. The lowest BCUT2D eigenvalue weighted by Crippen LogP contribution is -2.24. The first kappa shape index (κ1) is 17.8. The number of amides is 1. The highest BCUT2D eigenvalue weighted by Crippen LogP contribution is 2.18. The lowest BCUT2D eigenvalue weighted by Gasteiger charge is -2.07. The van der Waals surface area contributed by atoms with E-state index >= 15 is 0 Å². The largest absolute Gasteiger partial charge is 0.485 e. The van der Waals surface area contributed by atoms with Crippen molar-refractivity contribution < 1.29 is 13.9 Å². The Morgan fingerprint density at radius 3 is 2.81 bits per heavy atom. The average molecular weight is 353 g/mol. The number of furan rings is 1. The van der Waals surface area contributed by atoms with Gasteiger partial charge in [-0.1, -0.05) is 18.2 Å². The van der Waals surface area contributed by atoms with Crippen molar-refractivity contribution in [3.05, 3.63) is 71.4 Å². The number of aromatic nitrogens is 2. The second kappa shape index (κ2) is 8.38. The normalized spacial score (nSPS) is 10.7. The smallest absolute Gasteiger partial charge is 0.286 e. The number of ether oxygens (including phenoxy) is 1. The third kappa shape index (κ3) is 4.75. The van der Waals surface area contributed by atoms with E-state index in [1.54, 1.807) is 12.1 Å². The quantitative estimate of drug-likeness (QED) is 0.629. The van der Waals surface area contributed by atoms with Crippen LogP contribution in [0.4, 0.5) is 0 Å². The van der Waals surface area contributed by atoms with Gasteiger partial charge in [-0.2, -0.15) is 5.10 Å². The summed E-state index contributed by atoms with van der Waals surface area (Å²) in [7, 11) is 0. The topological polar surface area (TPSA) is 69.3 Å². The van der Waals surface area contributed by atoms with E-state index < -0.39 is 0 Å². The first-order valence-corrected chi connectivity index (χ1v) is 8.67. The zero-order valence-corrected chi connectivity index (χ0v) is 15.1. The predicted octanol–water partition coefficient (Wildman–Crippen LogP) is 3.49. The monoisotopic (exact) mass is 353 g/mol. The third-order valence-corrected chi connectivity index (χ3v) is 3.97. The third-order valence-electron chi connectivity index (χ3n) is 3.97. The number of para-hydroxylation sites is 1. The standard InChI is InChI=1S/C20H23N3O3/c1-15-6-3-4-7-18(15)25-14-17-8-9-19(26-17)20(24)21-11-5-12-23-13-10-16(2)22-23/h3-4,6-10,13H,5,11-12,14H2,1-2H3,(H,21,24). The zero-order chi connectivity index (χ0) is 18.4. The van der Waals surface area contributed by atoms with Crippen LogP contribution in [0.15, 0.2) is 53.1 Å². The van der Waals surface area contributed by atoms with Gasteiger partial charge in [0.25, 0.3) is 5.91 Å². The molecule has 0 saturated heterocycles. The molecule has 26 heavy (non-hydrogen) atoms. The van der Waals surface area contributed by atoms with E-state index in [0.717, 1.165) is 30.0 Å². The molecular weight excluding hydrogens is 330 g/mol. The van der Waals surface area contributed by atoms with Crippen LogP contribution in [0.5, 0.6) is 5.75 Å². The molecule has 3 aromatic rings. The van der Waals surface area contributed by atoms with Gasteiger partial charge in [0.15, 0.2) is 5.76 Å². The number of hydrogen-bond acceptors (Lipinski definition) is 4. The Morgan fingerprint density at radius 1 is 1.19 bits per heavy atom. The van der Waals surface area contributed by atoms with E-state index in [1.807, 2.05) is 55.1 Å². The van der Waals surface area contributed by atoms with Crippen LogP contribution in [0.2, 0.25) is 0 Å². The van der Waals surface area contributed by atoms with Gasteiger partial charge < -0.3 is 14.5 Å². The van der Waals surface area contributed by atoms with E-state index in [4.69, 9.17) is 9.15 Å². The maximum atomic E-state index is 12.1. The van der Waals surface area contributed by atoms with Gasteiger partial charge in [-0.15, -0.1) is 0 Å². The number of nitrogens with one attached hydrogen (secondary N) is 1. The fraction of sp³-hybridized carbons (Fsp3) is 0.300. The average Bonchev–Trinajstić information content (AvgIpc) is 3.27. The van der Waals surface area contributed by atoms with Gasteiger partial charge in [-0.05, 0) is 50.1 Å². The Morgan fingerprint density at radius 2 is 2.04 bits per heavy atom. The summed E-state index contributed by atoms with van der Waals surface area (Å²) >= 11 is 0. The van der Waals surface area contributed by atoms with Gasteiger partial charge in [-0.25, -0.2) is 0 Å². The molecule has 1 amide bonds. The van der Waals surface area contributed by atoms with Gasteiger partial charge in [0.05, 0.1) is 5.69 Å². The molecule has 0 bridgehead atoms. The molecule has 1 N–H and O–H groups in total. The van der Waals surface area contributed by atoms with Crippen LogP contribution in [-0.2, 0) is 13.2 Å². The summed E-state index contributed by atoms with van der Waals surface area (Å²) in [6, 6.07) is 13.2. The lowest BCUT2D eigenvalue weighted by atomic mass is 10.2. The first-order valence-electron chi connectivity index (χ1n) is 8.67. The molecule has 2 aromatic heterocycles. The van der Waals surface area contributed by atoms with Crippen LogP contribution in [0.25, 0.3) is 0 Å². The summed E-state index contributed by atoms with van der Waals surface area (Å²) in [6.45, 7) is 5.56. The molecule has 0 saturated carbocycles. The second-order valence-corrected chi connectivity index (χ2v) is 6.15. The Bertz CT molecular complexity index is 867. The van der Waals surface area contributed by atoms with Gasteiger partial charge in [-0.3, -0.25) is 9.48 Å². The van der Waals surface area contributed by atoms with E-state index in [2.05, 4.69) is 10.4 Å². The molecular formula is C20H23N3O3. The molecule has 0 aliphatic heterocycles. The van der Waals surface area contributed by atoms with Crippen LogP contribution < -0.4 is 10.1 Å². The number of carbonyl (C=O) groups excluding carboxylic acids is 1. The molecule has 0 fully saturated rings. The van der Waals surface area contributed by atoms with Crippen LogP contribution in [0.1, 0.15) is 34.0 Å². The lowest BCUT2D eigenvalue weighted by molar-refractivity contribution is 0.0920. The van der Waals surface area contributed by atoms with Crippen LogP contribution >= 0.6 is 0 Å². The molecule has 1 aromatic carbocycles. The zero-order valence-electron chi connectivity index (χ0n) is 15.1. The molecule has 0 unspecified atom stereocenters. The van der Waals surface area contributed by atoms with Crippen LogP contribution in [-0.4, -0.2) is 22.2 Å². The van der Waals surface area contributed by atoms with E-state index in [0.29, 0.717) is 18.1 Å². The summed E-state index contributed by atoms with van der Waals surface area (Å²) in [5.74, 6) is 1.50. The molecule has 0 atom stereocenters. The molecule has 0 aliphatic rings. The number of benzene rings is 1. The van der Waals surface area contributed by atoms with Crippen molar-refractivity contribution in [3.63, 3.8) is 0 Å². The van der Waals surface area contributed by atoms with Crippen molar-refractivity contribution in [1.82, 2.24) is 15.1 Å². The van der Waals surface area contributed by atoms with E-state index in [9.17, 15) is 4.79 Å². The van der Waals surface area contributed by atoms with Crippen molar-refractivity contribution >= 4 is 5.91 Å². The van der Waals surface area contributed by atoms with E-state index in [1.165, 1.54) is 0 Å². The summed E-state index contributed by atoms with van der Waals surface area (Å²) in [6.07, 6.45) is 2.74. The maximum Gasteiger partial charge on any atom is 0.286 e. The molecule has 0 aliphatic carbocycles. The molecule has 6 heteroatoms. The first-order chi connectivity index (χ1) is 12.6. The second-order valence-electron chi connectivity index (χ2n) is 6.15. The highest BCUT2D eigenvalue weighted by atomic mass is 16.5. The Kier molecular flexibility index (Phi) is 5.73. The summed E-state index contributed by atoms with van der Waals surface area (Å²) in [5.41, 5.74) is 2.05. The van der Waals surface area contributed by atoms with Gasteiger partial charge >= 0.3 is 0 Å². The highest BCUT2D eigenvalue weighted by Gasteiger charge is 2.11. The van der Waals surface area contributed by atoms with Gasteiger partial charge in [0, 0.05) is 19.3 Å². The molecule has 0 spiro atoms. The molecule has 3 rings (SSSR count). The predicted molar refractivity (Wildman–Crippen MR) is 98.1 cm³/mol. The Hall–Kier alpha value is -3.02. The van der Waals surface area contributed by atoms with Crippen LogP contribution in [0.3, 0.4) is 0 Å². The number of aryl methyl sites for hydroxylation is 3. The number of carbonyl (C=O) groups is 1. The van der Waals surface area contributed by atoms with E-state index in [-0.39, 0.29) is 12.5 Å². The fourth-order valence-corrected chi connectivity index (χ4v) is 2.56. The van der Waals surface area contributed by atoms with Crippen molar-refractivity contribution in [2.45, 2.75) is 33.4 Å². The van der Waals surface area contributed by atoms with Crippen molar-refractivity contribution in [3.8, 4) is 5.75 Å². The van der Waals surface area contributed by atoms with Crippen molar-refractivity contribution in [2.24, 2.45) is 0 Å². The Labute approximate surface area is 152 Å². The van der Waals surface area contributed by atoms with Crippen LogP contribution in [0, 0.1) is 13.8 Å². The highest BCUT2D eigenvalue weighted by molar-refractivity contribution is 5.91. The number of nitrogens with zero attached hydrogens (tertiary/aromatic N) is 2. The minimum absolute atomic E-state index is 0.219.